The second-order valence-electron chi connectivity index (χ2n) is 11.4. The van der Waals surface area contributed by atoms with E-state index in [9.17, 15) is 14.7 Å². The van der Waals surface area contributed by atoms with Crippen LogP contribution in [-0.2, 0) is 11.3 Å². The van der Waals surface area contributed by atoms with Crippen molar-refractivity contribution >= 4 is 11.9 Å². The summed E-state index contributed by atoms with van der Waals surface area (Å²) in [6.07, 6.45) is 0. The molecule has 8 heteroatoms. The number of carboxylic acid groups (broad SMARTS) is 1. The fourth-order valence-electron chi connectivity index (χ4n) is 6.22. The Morgan fingerprint density at radius 2 is 1.51 bits per heavy atom. The number of hydrogen-bond acceptors (Lipinski definition) is 6. The number of piperazine rings is 2. The van der Waals surface area contributed by atoms with Crippen molar-refractivity contribution in [2.75, 3.05) is 45.8 Å². The molecule has 0 saturated carbocycles. The van der Waals surface area contributed by atoms with Gasteiger partial charge in [0.1, 0.15) is 5.75 Å². The maximum absolute atomic E-state index is 13.5. The third-order valence-corrected chi connectivity index (χ3v) is 8.38. The smallest absolute Gasteiger partial charge is 0.317 e. The van der Waals surface area contributed by atoms with Crippen LogP contribution in [-0.4, -0.2) is 99.6 Å². The van der Waals surface area contributed by atoms with E-state index in [4.69, 9.17) is 5.11 Å². The van der Waals surface area contributed by atoms with Gasteiger partial charge in [0.2, 0.25) is 0 Å². The lowest BCUT2D eigenvalue weighted by molar-refractivity contribution is -0.138. The molecule has 2 saturated heterocycles. The van der Waals surface area contributed by atoms with Crippen LogP contribution in [0.4, 0.5) is 0 Å². The molecule has 0 radical (unpaired) electrons. The Kier molecular flexibility index (Phi) is 9.03. The Morgan fingerprint density at radius 1 is 0.829 bits per heavy atom. The normalized spacial score (nSPS) is 21.5. The van der Waals surface area contributed by atoms with Gasteiger partial charge in [0, 0.05) is 63.5 Å². The van der Waals surface area contributed by atoms with E-state index in [-0.39, 0.29) is 30.3 Å². The predicted molar refractivity (Wildman–Crippen MR) is 159 cm³/mol. The molecule has 2 N–H and O–H groups in total. The quantitative estimate of drug-likeness (QED) is 0.435. The van der Waals surface area contributed by atoms with E-state index < -0.39 is 5.97 Å². The summed E-state index contributed by atoms with van der Waals surface area (Å²) in [5, 5.41) is 19.5. The zero-order valence-electron chi connectivity index (χ0n) is 23.9. The number of rotatable bonds is 8. The number of carbonyl (C=O) groups excluding carboxylic acids is 1. The monoisotopic (exact) mass is 556 g/mol. The maximum Gasteiger partial charge on any atom is 0.317 e. The summed E-state index contributed by atoms with van der Waals surface area (Å²) in [4.78, 5) is 33.3. The van der Waals surface area contributed by atoms with Crippen LogP contribution in [0.2, 0.25) is 0 Å². The molecule has 2 heterocycles. The Balaban J connectivity index is 1.38. The molecular formula is C33H40N4O4. The van der Waals surface area contributed by atoms with Gasteiger partial charge in [0.05, 0.1) is 12.6 Å². The highest BCUT2D eigenvalue weighted by molar-refractivity contribution is 5.94. The van der Waals surface area contributed by atoms with Crippen molar-refractivity contribution in [3.63, 3.8) is 0 Å². The second kappa shape index (κ2) is 12.9. The van der Waals surface area contributed by atoms with Crippen molar-refractivity contribution in [3.8, 4) is 5.75 Å². The number of aliphatic carboxylic acids is 1. The fraction of sp³-hybridized carbons (Fsp3) is 0.394. The molecule has 5 rings (SSSR count). The van der Waals surface area contributed by atoms with Gasteiger partial charge in [0.15, 0.2) is 0 Å². The first-order chi connectivity index (χ1) is 19.8. The molecule has 41 heavy (non-hydrogen) atoms. The fourth-order valence-corrected chi connectivity index (χ4v) is 6.22. The van der Waals surface area contributed by atoms with Crippen LogP contribution in [0, 0.1) is 0 Å². The minimum atomic E-state index is -0.847. The number of phenols is 1. The van der Waals surface area contributed by atoms with Crippen molar-refractivity contribution in [3.05, 3.63) is 101 Å². The lowest BCUT2D eigenvalue weighted by Crippen LogP contribution is -2.56. The Bertz CT molecular complexity index is 1340. The lowest BCUT2D eigenvalue weighted by atomic mass is 9.92. The van der Waals surface area contributed by atoms with Crippen molar-refractivity contribution in [1.82, 2.24) is 19.6 Å². The number of hydrogen-bond donors (Lipinski definition) is 2. The zero-order valence-corrected chi connectivity index (χ0v) is 23.9. The maximum atomic E-state index is 13.5. The number of nitrogens with zero attached hydrogens (tertiary/aromatic N) is 4. The SMILES string of the molecule is C[C@@H]1CN(C(c2cccc(O)c2)c2cccc(C(=O)N3CCN(CC(=O)O)CC3)c2)[C@H](C)CN1Cc1ccccc1. The zero-order chi connectivity index (χ0) is 28.9. The highest BCUT2D eigenvalue weighted by Gasteiger charge is 2.35. The molecule has 2 aliphatic rings. The topological polar surface area (TPSA) is 87.6 Å². The van der Waals surface area contributed by atoms with Gasteiger partial charge in [-0.15, -0.1) is 0 Å². The summed E-state index contributed by atoms with van der Waals surface area (Å²) < 4.78 is 0. The molecule has 0 aromatic heterocycles. The Hall–Kier alpha value is -3.72. The van der Waals surface area contributed by atoms with E-state index in [1.165, 1.54) is 5.56 Å². The van der Waals surface area contributed by atoms with Crippen LogP contribution in [0.1, 0.15) is 46.9 Å². The Morgan fingerprint density at radius 3 is 2.20 bits per heavy atom. The number of amides is 1. The molecule has 8 nitrogen and oxygen atoms in total. The molecular weight excluding hydrogens is 516 g/mol. The number of phenolic OH excluding ortho intramolecular Hbond substituents is 1. The average Bonchev–Trinajstić information content (AvgIpc) is 2.96. The highest BCUT2D eigenvalue weighted by Crippen LogP contribution is 2.35. The van der Waals surface area contributed by atoms with Gasteiger partial charge in [0.25, 0.3) is 5.91 Å². The lowest BCUT2D eigenvalue weighted by Gasteiger charge is -2.47. The predicted octanol–water partition coefficient (Wildman–Crippen LogP) is 3.92. The summed E-state index contributed by atoms with van der Waals surface area (Å²) >= 11 is 0. The van der Waals surface area contributed by atoms with Crippen LogP contribution >= 0.6 is 0 Å². The van der Waals surface area contributed by atoms with E-state index in [2.05, 4.69) is 54.0 Å². The largest absolute Gasteiger partial charge is 0.508 e. The van der Waals surface area contributed by atoms with E-state index in [0.29, 0.717) is 37.8 Å². The van der Waals surface area contributed by atoms with E-state index in [1.807, 2.05) is 52.3 Å². The van der Waals surface area contributed by atoms with Crippen molar-refractivity contribution in [1.29, 1.82) is 0 Å². The molecule has 3 aromatic carbocycles. The number of carboxylic acids is 1. The molecule has 3 atom stereocenters. The number of carbonyl (C=O) groups is 2. The van der Waals surface area contributed by atoms with Crippen LogP contribution in [0.3, 0.4) is 0 Å². The first kappa shape index (κ1) is 28.8. The van der Waals surface area contributed by atoms with Crippen molar-refractivity contribution in [2.45, 2.75) is 38.5 Å². The van der Waals surface area contributed by atoms with E-state index in [1.54, 1.807) is 6.07 Å². The summed E-state index contributed by atoms with van der Waals surface area (Å²) in [6, 6.07) is 26.3. The van der Waals surface area contributed by atoms with Crippen LogP contribution in [0.5, 0.6) is 5.75 Å². The summed E-state index contributed by atoms with van der Waals surface area (Å²) in [6.45, 7) is 9.28. The van der Waals surface area contributed by atoms with E-state index >= 15 is 0 Å². The third-order valence-electron chi connectivity index (χ3n) is 8.38. The summed E-state index contributed by atoms with van der Waals surface area (Å²) in [5.74, 6) is -0.659. The summed E-state index contributed by atoms with van der Waals surface area (Å²) in [7, 11) is 0. The second-order valence-corrected chi connectivity index (χ2v) is 11.4. The van der Waals surface area contributed by atoms with Gasteiger partial charge < -0.3 is 15.1 Å². The van der Waals surface area contributed by atoms with Crippen LogP contribution in [0.25, 0.3) is 0 Å². The standard InChI is InChI=1S/C33H40N4O4/c1-24-21-37(25(2)20-36(24)22-26-8-4-3-5-9-26)32(28-11-7-13-30(38)19-28)27-10-6-12-29(18-27)33(41)35-16-14-34(15-17-35)23-31(39)40/h3-13,18-19,24-25,32,38H,14-17,20-23H2,1-2H3,(H,39,40)/t24-,25-,32?/m1/s1. The Labute approximate surface area is 242 Å². The van der Waals surface area contributed by atoms with Crippen molar-refractivity contribution in [2.24, 2.45) is 0 Å². The number of aromatic hydroxyl groups is 1. The molecule has 1 amide bonds. The van der Waals surface area contributed by atoms with Gasteiger partial charge in [-0.2, -0.15) is 0 Å². The molecule has 2 fully saturated rings. The third kappa shape index (κ3) is 6.96. The molecule has 3 aromatic rings. The van der Waals surface area contributed by atoms with Gasteiger partial charge in [-0.1, -0.05) is 54.6 Å². The first-order valence-corrected chi connectivity index (χ1v) is 14.4. The minimum absolute atomic E-state index is 0.00165. The van der Waals surface area contributed by atoms with Gasteiger partial charge in [-0.05, 0) is 54.8 Å². The van der Waals surface area contributed by atoms with Crippen molar-refractivity contribution < 1.29 is 19.8 Å². The molecule has 0 bridgehead atoms. The summed E-state index contributed by atoms with van der Waals surface area (Å²) in [5.41, 5.74) is 3.94. The van der Waals surface area contributed by atoms with Crippen LogP contribution < -0.4 is 0 Å². The average molecular weight is 557 g/mol. The minimum Gasteiger partial charge on any atom is -0.508 e. The van der Waals surface area contributed by atoms with E-state index in [0.717, 1.165) is 30.8 Å². The number of benzene rings is 3. The molecule has 1 unspecified atom stereocenters. The van der Waals surface area contributed by atoms with Gasteiger partial charge in [-0.3, -0.25) is 24.3 Å². The first-order valence-electron chi connectivity index (χ1n) is 14.4. The molecule has 2 aliphatic heterocycles. The highest BCUT2D eigenvalue weighted by atomic mass is 16.4. The molecule has 0 spiro atoms. The molecule has 0 aliphatic carbocycles. The van der Waals surface area contributed by atoms with Gasteiger partial charge in [-0.25, -0.2) is 0 Å². The van der Waals surface area contributed by atoms with Crippen LogP contribution in [0.15, 0.2) is 78.9 Å². The molecule has 216 valence electrons. The van der Waals surface area contributed by atoms with Gasteiger partial charge >= 0.3 is 5.97 Å².